The molecule has 0 fully saturated rings. The zero-order valence-electron chi connectivity index (χ0n) is 39.5. The third-order valence-corrected chi connectivity index (χ3v) is 12.8. The minimum atomic E-state index is -0.990. The van der Waals surface area contributed by atoms with Crippen LogP contribution in [-0.4, -0.2) is 42.1 Å². The fraction of sp³-hybridized carbons (Fsp3) is 0.0476. The Morgan fingerprint density at radius 1 is 0.397 bits per heavy atom. The standard InChI is InChI=1S/C28H20N.C23H14N.2C6H5NO2.2Ir/c1-28(2)25-10-6-5-9-22(25)23-13-12-19(17-26(23)28)27-24-14-11-18-7-3-4-8-20(18)21(24)15-16-29-27;1-2-7-18-15-19(10-9-16(18)5-1)23-22-12-11-17-6-3-4-8-20(17)21(22)13-14-24-23;2*8-6(9)5-3-1-2-4-7-5;;/h3-11,13-17H,1-2H3;1-9,11-15H;2*1-4H,(H,8,9);;/q2*-1;;;;. The third kappa shape index (κ3) is 10.6. The summed E-state index contributed by atoms with van der Waals surface area (Å²) in [5.74, 6) is -1.98. The zero-order chi connectivity index (χ0) is 48.9. The smallest absolute Gasteiger partial charge is 0.354 e. The van der Waals surface area contributed by atoms with Crippen molar-refractivity contribution < 1.29 is 60.0 Å². The molecule has 13 rings (SSSR count). The molecule has 73 heavy (non-hydrogen) atoms. The SMILES string of the molecule is CC1(C)c2ccccc2-c2c[c-]c(-c3nccc4c3ccc3ccccc34)cc21.O=C(O)c1ccccn1.O=C(O)c1ccccn1.[Ir].[Ir].[c-]1cc2ccccc2cc1-c1nccc2c1ccc1ccccc12. The first-order valence-electron chi connectivity index (χ1n) is 23.0. The van der Waals surface area contributed by atoms with Crippen LogP contribution in [-0.2, 0) is 45.6 Å². The average molecular weight is 1310 g/mol. The molecule has 10 heteroatoms. The molecule has 2 radical (unpaired) electrons. The number of carbonyl (C=O) groups is 2. The molecule has 0 amide bonds. The largest absolute Gasteiger partial charge is 0.477 e. The molecule has 1 aliphatic rings. The van der Waals surface area contributed by atoms with Gasteiger partial charge in [0.05, 0.1) is 0 Å². The number of benzene rings is 8. The molecule has 0 bridgehead atoms. The molecule has 4 aromatic heterocycles. The van der Waals surface area contributed by atoms with E-state index in [1.165, 1.54) is 101 Å². The van der Waals surface area contributed by atoms with Crippen LogP contribution in [0, 0.1) is 12.1 Å². The summed E-state index contributed by atoms with van der Waals surface area (Å²) in [5.41, 5.74) is 9.59. The second-order valence-corrected chi connectivity index (χ2v) is 17.4. The van der Waals surface area contributed by atoms with Gasteiger partial charge in [-0.25, -0.2) is 19.6 Å². The van der Waals surface area contributed by atoms with Crippen LogP contribution in [0.4, 0.5) is 0 Å². The van der Waals surface area contributed by atoms with Gasteiger partial charge in [0.15, 0.2) is 0 Å². The van der Waals surface area contributed by atoms with E-state index in [0.29, 0.717) is 0 Å². The van der Waals surface area contributed by atoms with Crippen LogP contribution < -0.4 is 0 Å². The first-order valence-corrected chi connectivity index (χ1v) is 23.0. The number of hydrogen-bond acceptors (Lipinski definition) is 6. The Bertz CT molecular complexity index is 3900. The number of carboxylic acids is 2. The number of aromatic nitrogens is 4. The quantitative estimate of drug-likeness (QED) is 0.132. The van der Waals surface area contributed by atoms with E-state index in [1.54, 1.807) is 24.3 Å². The Kier molecular flexibility index (Phi) is 15.8. The van der Waals surface area contributed by atoms with Crippen molar-refractivity contribution in [1.29, 1.82) is 0 Å². The summed E-state index contributed by atoms with van der Waals surface area (Å²) >= 11 is 0. The van der Waals surface area contributed by atoms with Crippen molar-refractivity contribution in [1.82, 2.24) is 19.9 Å². The number of aromatic carboxylic acids is 2. The summed E-state index contributed by atoms with van der Waals surface area (Å²) in [6.07, 6.45) is 6.71. The second-order valence-electron chi connectivity index (χ2n) is 17.4. The Balaban J connectivity index is 0.000000144. The van der Waals surface area contributed by atoms with E-state index >= 15 is 0 Å². The van der Waals surface area contributed by atoms with Crippen LogP contribution in [0.3, 0.4) is 0 Å². The van der Waals surface area contributed by atoms with Crippen LogP contribution >= 0.6 is 0 Å². The fourth-order valence-electron chi connectivity index (χ4n) is 9.32. The molecule has 0 aliphatic heterocycles. The van der Waals surface area contributed by atoms with E-state index in [1.807, 2.05) is 18.5 Å². The summed E-state index contributed by atoms with van der Waals surface area (Å²) in [6, 6.07) is 72.2. The van der Waals surface area contributed by atoms with Gasteiger partial charge in [0.2, 0.25) is 0 Å². The number of fused-ring (bicyclic) bond motifs is 10. The molecule has 0 spiro atoms. The number of pyridine rings is 4. The van der Waals surface area contributed by atoms with E-state index < -0.39 is 11.9 Å². The Morgan fingerprint density at radius 2 is 0.863 bits per heavy atom. The predicted molar refractivity (Wildman–Crippen MR) is 285 cm³/mol. The van der Waals surface area contributed by atoms with E-state index in [-0.39, 0.29) is 57.0 Å². The molecule has 360 valence electrons. The molecule has 8 aromatic carbocycles. The van der Waals surface area contributed by atoms with E-state index in [4.69, 9.17) is 15.2 Å². The number of hydrogen-bond donors (Lipinski definition) is 2. The van der Waals surface area contributed by atoms with E-state index in [9.17, 15) is 9.59 Å². The van der Waals surface area contributed by atoms with Gasteiger partial charge in [-0.05, 0) is 102 Å². The minimum absolute atomic E-state index is 0. The molecule has 12 aromatic rings. The predicted octanol–water partition coefficient (Wildman–Crippen LogP) is 14.7. The number of rotatable bonds is 4. The van der Waals surface area contributed by atoms with Crippen LogP contribution in [0.2, 0.25) is 0 Å². The summed E-state index contributed by atoms with van der Waals surface area (Å²) in [7, 11) is 0. The van der Waals surface area contributed by atoms with Gasteiger partial charge >= 0.3 is 11.9 Å². The van der Waals surface area contributed by atoms with Crippen molar-refractivity contribution in [2.75, 3.05) is 0 Å². The maximum atomic E-state index is 10.1. The van der Waals surface area contributed by atoms with Crippen molar-refractivity contribution >= 4 is 65.8 Å². The molecule has 4 heterocycles. The van der Waals surface area contributed by atoms with Crippen LogP contribution in [0.25, 0.3) is 87.5 Å². The van der Waals surface area contributed by atoms with Gasteiger partial charge in [0, 0.05) is 65.0 Å². The van der Waals surface area contributed by atoms with Crippen molar-refractivity contribution in [2.24, 2.45) is 0 Å². The molecule has 8 nitrogen and oxygen atoms in total. The van der Waals surface area contributed by atoms with Crippen molar-refractivity contribution in [3.05, 3.63) is 254 Å². The first kappa shape index (κ1) is 51.3. The van der Waals surface area contributed by atoms with Crippen molar-refractivity contribution in [3.8, 4) is 33.6 Å². The van der Waals surface area contributed by atoms with Gasteiger partial charge in [-0.15, -0.1) is 58.5 Å². The normalized spacial score (nSPS) is 11.5. The minimum Gasteiger partial charge on any atom is -0.477 e. The molecular weight excluding hydrogens is 1260 g/mol. The molecule has 0 saturated carbocycles. The van der Waals surface area contributed by atoms with E-state index in [0.717, 1.165) is 22.5 Å². The van der Waals surface area contributed by atoms with Gasteiger partial charge in [-0.3, -0.25) is 0 Å². The Labute approximate surface area is 449 Å². The van der Waals surface area contributed by atoms with Gasteiger partial charge in [-0.1, -0.05) is 164 Å². The third-order valence-electron chi connectivity index (χ3n) is 12.8. The molecule has 1 aliphatic carbocycles. The summed E-state index contributed by atoms with van der Waals surface area (Å²) in [4.78, 5) is 36.9. The molecule has 2 N–H and O–H groups in total. The topological polar surface area (TPSA) is 126 Å². The molecule has 0 saturated heterocycles. The summed E-state index contributed by atoms with van der Waals surface area (Å²) in [5, 5.41) is 28.9. The van der Waals surface area contributed by atoms with Crippen LogP contribution in [0.1, 0.15) is 46.0 Å². The second kappa shape index (κ2) is 22.5. The number of carboxylic acid groups (broad SMARTS) is 2. The number of nitrogens with zero attached hydrogens (tertiary/aromatic N) is 4. The molecule has 0 unspecified atom stereocenters. The van der Waals surface area contributed by atoms with Crippen molar-refractivity contribution in [3.63, 3.8) is 0 Å². The van der Waals surface area contributed by atoms with Gasteiger partial charge in [0.25, 0.3) is 0 Å². The summed E-state index contributed by atoms with van der Waals surface area (Å²) < 4.78 is 0. The maximum absolute atomic E-state index is 10.1. The first-order chi connectivity index (χ1) is 34.7. The zero-order valence-corrected chi connectivity index (χ0v) is 44.2. The summed E-state index contributed by atoms with van der Waals surface area (Å²) in [6.45, 7) is 4.62. The monoisotopic (exact) mass is 1310 g/mol. The Morgan fingerprint density at radius 3 is 1.38 bits per heavy atom. The molecular formula is C63H44Ir2N4O4-2. The van der Waals surface area contributed by atoms with Gasteiger partial charge in [0.1, 0.15) is 11.4 Å². The van der Waals surface area contributed by atoms with Crippen LogP contribution in [0.15, 0.2) is 219 Å². The molecule has 0 atom stereocenters. The Hall–Kier alpha value is -8.10. The maximum Gasteiger partial charge on any atom is 0.354 e. The average Bonchev–Trinajstić information content (AvgIpc) is 3.66. The van der Waals surface area contributed by atoms with Gasteiger partial charge in [-0.2, -0.15) is 0 Å². The van der Waals surface area contributed by atoms with Gasteiger partial charge < -0.3 is 20.2 Å². The van der Waals surface area contributed by atoms with E-state index in [2.05, 4.69) is 193 Å². The fourth-order valence-corrected chi connectivity index (χ4v) is 9.32. The van der Waals surface area contributed by atoms with Crippen LogP contribution in [0.5, 0.6) is 0 Å². The van der Waals surface area contributed by atoms with Crippen molar-refractivity contribution in [2.45, 2.75) is 19.3 Å².